The highest BCUT2D eigenvalue weighted by Gasteiger charge is 2.16. The maximum atomic E-state index is 12.5. The Labute approximate surface area is 153 Å². The van der Waals surface area contributed by atoms with Crippen LogP contribution in [0.3, 0.4) is 0 Å². The zero-order chi connectivity index (χ0) is 19.2. The molecule has 2 N–H and O–H groups in total. The van der Waals surface area contributed by atoms with Crippen LogP contribution >= 0.6 is 0 Å². The predicted molar refractivity (Wildman–Crippen MR) is 101 cm³/mol. The molecule has 2 aromatic carbocycles. The first-order valence-corrected chi connectivity index (χ1v) is 9.84. The Morgan fingerprint density at radius 3 is 2.31 bits per heavy atom. The Morgan fingerprint density at radius 1 is 1.00 bits per heavy atom. The van der Waals surface area contributed by atoms with Crippen molar-refractivity contribution in [3.8, 4) is 0 Å². The van der Waals surface area contributed by atoms with Gasteiger partial charge >= 0.3 is 0 Å². The molecule has 0 aliphatic heterocycles. The van der Waals surface area contributed by atoms with E-state index in [9.17, 15) is 18.0 Å². The number of carbonyl (C=O) groups excluding carboxylic acids is 2. The number of carbonyl (C=O) groups is 2. The summed E-state index contributed by atoms with van der Waals surface area (Å²) in [7, 11) is -3.84. The van der Waals surface area contributed by atoms with Crippen LogP contribution in [0.5, 0.6) is 0 Å². The van der Waals surface area contributed by atoms with E-state index in [1.54, 1.807) is 18.2 Å². The first-order chi connectivity index (χ1) is 12.3. The van der Waals surface area contributed by atoms with Crippen LogP contribution in [0.1, 0.15) is 47.4 Å². The molecule has 2 rings (SSSR count). The van der Waals surface area contributed by atoms with Crippen LogP contribution in [-0.2, 0) is 10.0 Å². The number of ketones is 1. The number of rotatable bonds is 8. The maximum Gasteiger partial charge on any atom is 0.261 e. The first-order valence-electron chi connectivity index (χ1n) is 8.35. The molecular formula is C19H22N2O4S. The molecule has 0 heterocycles. The van der Waals surface area contributed by atoms with Gasteiger partial charge in [-0.2, -0.15) is 0 Å². The van der Waals surface area contributed by atoms with E-state index < -0.39 is 10.0 Å². The van der Waals surface area contributed by atoms with Crippen LogP contribution in [0.25, 0.3) is 0 Å². The van der Waals surface area contributed by atoms with Gasteiger partial charge in [0.2, 0.25) is 0 Å². The van der Waals surface area contributed by atoms with Crippen LogP contribution in [0.15, 0.2) is 53.4 Å². The molecule has 1 amide bonds. The molecule has 0 bridgehead atoms. The van der Waals surface area contributed by atoms with Gasteiger partial charge in [-0.05, 0) is 55.8 Å². The third-order valence-electron chi connectivity index (χ3n) is 3.77. The van der Waals surface area contributed by atoms with Crippen molar-refractivity contribution in [2.45, 2.75) is 31.6 Å². The monoisotopic (exact) mass is 374 g/mol. The SMILES string of the molecule is CCCCNC(=O)c1cccc(S(=O)(=O)Nc2ccc(C(C)=O)cc2)c1. The molecule has 0 atom stereocenters. The number of anilines is 1. The topological polar surface area (TPSA) is 92.3 Å². The number of nitrogens with one attached hydrogen (secondary N) is 2. The van der Waals surface area contributed by atoms with E-state index in [0.717, 1.165) is 12.8 Å². The minimum atomic E-state index is -3.84. The fraction of sp³-hybridized carbons (Fsp3) is 0.263. The van der Waals surface area contributed by atoms with Crippen molar-refractivity contribution in [2.75, 3.05) is 11.3 Å². The van der Waals surface area contributed by atoms with Gasteiger partial charge in [0.25, 0.3) is 15.9 Å². The minimum Gasteiger partial charge on any atom is -0.352 e. The van der Waals surface area contributed by atoms with E-state index in [1.807, 2.05) is 6.92 Å². The van der Waals surface area contributed by atoms with Crippen LogP contribution in [-0.4, -0.2) is 26.7 Å². The molecule has 7 heteroatoms. The van der Waals surface area contributed by atoms with Crippen molar-refractivity contribution in [1.29, 1.82) is 0 Å². The number of unbranched alkanes of at least 4 members (excludes halogenated alkanes) is 1. The summed E-state index contributed by atoms with van der Waals surface area (Å²) in [5.41, 5.74) is 1.13. The molecule has 6 nitrogen and oxygen atoms in total. The summed E-state index contributed by atoms with van der Waals surface area (Å²) in [5.74, 6) is -0.400. The third kappa shape index (κ3) is 5.16. The predicted octanol–water partition coefficient (Wildman–Crippen LogP) is 3.22. The molecule has 0 radical (unpaired) electrons. The van der Waals surface area contributed by atoms with Gasteiger partial charge in [0, 0.05) is 23.4 Å². The maximum absolute atomic E-state index is 12.5. The average Bonchev–Trinajstić information content (AvgIpc) is 2.62. The van der Waals surface area contributed by atoms with Crippen molar-refractivity contribution in [1.82, 2.24) is 5.32 Å². The Hall–Kier alpha value is -2.67. The summed E-state index contributed by atoms with van der Waals surface area (Å²) < 4.78 is 27.5. The lowest BCUT2D eigenvalue weighted by Gasteiger charge is -2.10. The summed E-state index contributed by atoms with van der Waals surface area (Å²) in [6, 6.07) is 12.0. The normalized spacial score (nSPS) is 11.0. The quantitative estimate of drug-likeness (QED) is 0.548. The minimum absolute atomic E-state index is 0.00344. The van der Waals surface area contributed by atoms with E-state index >= 15 is 0 Å². The van der Waals surface area contributed by atoms with Crippen molar-refractivity contribution in [3.05, 3.63) is 59.7 Å². The smallest absolute Gasteiger partial charge is 0.261 e. The lowest BCUT2D eigenvalue weighted by atomic mass is 10.1. The highest BCUT2D eigenvalue weighted by molar-refractivity contribution is 7.92. The van der Waals surface area contributed by atoms with Gasteiger partial charge in [-0.1, -0.05) is 19.4 Å². The lowest BCUT2D eigenvalue weighted by Crippen LogP contribution is -2.24. The van der Waals surface area contributed by atoms with Gasteiger partial charge in [0.05, 0.1) is 4.90 Å². The summed E-state index contributed by atoms with van der Waals surface area (Å²) in [5, 5.41) is 2.76. The molecule has 2 aromatic rings. The molecule has 0 aromatic heterocycles. The molecule has 0 fully saturated rings. The highest BCUT2D eigenvalue weighted by atomic mass is 32.2. The molecule has 0 spiro atoms. The Kier molecular flexibility index (Phi) is 6.52. The van der Waals surface area contributed by atoms with Gasteiger partial charge < -0.3 is 5.32 Å². The third-order valence-corrected chi connectivity index (χ3v) is 5.15. The Balaban J connectivity index is 2.16. The number of hydrogen-bond acceptors (Lipinski definition) is 4. The van der Waals surface area contributed by atoms with Crippen molar-refractivity contribution in [2.24, 2.45) is 0 Å². The summed E-state index contributed by atoms with van der Waals surface area (Å²) in [6.45, 7) is 4.01. The molecular weight excluding hydrogens is 352 g/mol. The first kappa shape index (κ1) is 19.7. The molecule has 138 valence electrons. The van der Waals surface area contributed by atoms with Gasteiger partial charge in [-0.25, -0.2) is 8.42 Å². The highest BCUT2D eigenvalue weighted by Crippen LogP contribution is 2.18. The van der Waals surface area contributed by atoms with Gasteiger partial charge in [-0.3, -0.25) is 14.3 Å². The fourth-order valence-electron chi connectivity index (χ4n) is 2.27. The van der Waals surface area contributed by atoms with Gasteiger partial charge in [-0.15, -0.1) is 0 Å². The van der Waals surface area contributed by atoms with E-state index in [-0.39, 0.29) is 22.1 Å². The summed E-state index contributed by atoms with van der Waals surface area (Å²) in [6.07, 6.45) is 1.82. The van der Waals surface area contributed by atoms with Crippen LogP contribution in [0, 0.1) is 0 Å². The zero-order valence-electron chi connectivity index (χ0n) is 14.8. The number of hydrogen-bond donors (Lipinski definition) is 2. The second kappa shape index (κ2) is 8.62. The van der Waals surface area contributed by atoms with E-state index in [4.69, 9.17) is 0 Å². The zero-order valence-corrected chi connectivity index (χ0v) is 15.6. The Bertz CT molecular complexity index is 890. The average molecular weight is 374 g/mol. The molecule has 26 heavy (non-hydrogen) atoms. The Morgan fingerprint density at radius 2 is 1.69 bits per heavy atom. The fourth-order valence-corrected chi connectivity index (χ4v) is 3.38. The molecule has 0 saturated carbocycles. The summed E-state index contributed by atoms with van der Waals surface area (Å²) >= 11 is 0. The molecule has 0 aliphatic carbocycles. The second-order valence-electron chi connectivity index (χ2n) is 5.88. The van der Waals surface area contributed by atoms with Crippen LogP contribution in [0.4, 0.5) is 5.69 Å². The van der Waals surface area contributed by atoms with Gasteiger partial charge in [0.1, 0.15) is 0 Å². The van der Waals surface area contributed by atoms with Crippen molar-refractivity contribution >= 4 is 27.4 Å². The van der Waals surface area contributed by atoms with Crippen molar-refractivity contribution in [3.63, 3.8) is 0 Å². The van der Waals surface area contributed by atoms with E-state index in [1.165, 1.54) is 37.3 Å². The van der Waals surface area contributed by atoms with Crippen molar-refractivity contribution < 1.29 is 18.0 Å². The lowest BCUT2D eigenvalue weighted by molar-refractivity contribution is 0.0952. The van der Waals surface area contributed by atoms with E-state index in [0.29, 0.717) is 17.8 Å². The van der Waals surface area contributed by atoms with Gasteiger partial charge in [0.15, 0.2) is 5.78 Å². The number of benzene rings is 2. The molecule has 0 unspecified atom stereocenters. The van der Waals surface area contributed by atoms with E-state index in [2.05, 4.69) is 10.0 Å². The largest absolute Gasteiger partial charge is 0.352 e. The standard InChI is InChI=1S/C19H22N2O4S/c1-3-4-12-20-19(23)16-6-5-7-18(13-16)26(24,25)21-17-10-8-15(9-11-17)14(2)22/h5-11,13,21H,3-4,12H2,1-2H3,(H,20,23). The number of amides is 1. The molecule has 0 aliphatic rings. The summed E-state index contributed by atoms with van der Waals surface area (Å²) in [4.78, 5) is 23.4. The molecule has 0 saturated heterocycles. The number of sulfonamides is 1. The van der Waals surface area contributed by atoms with Crippen LogP contribution in [0.2, 0.25) is 0 Å². The number of Topliss-reactive ketones (excluding diaryl/α,β-unsaturated/α-hetero) is 1. The second-order valence-corrected chi connectivity index (χ2v) is 7.56. The van der Waals surface area contributed by atoms with Crippen LogP contribution < -0.4 is 10.0 Å².